The number of carbonyl (C=O) groups excluding carboxylic acids is 1. The maximum absolute atomic E-state index is 14.6. The Morgan fingerprint density at radius 2 is 1.83 bits per heavy atom. The number of benzene rings is 1. The molecule has 8 heteroatoms. The molecule has 3 rings (SSSR count). The third-order valence-corrected chi connectivity index (χ3v) is 5.35. The van der Waals surface area contributed by atoms with E-state index in [0.29, 0.717) is 13.1 Å². The number of nitrogens with two attached hydrogens (primary N) is 1. The molecule has 1 aromatic carbocycles. The van der Waals surface area contributed by atoms with Crippen LogP contribution < -0.4 is 15.5 Å². The number of rotatable bonds is 3. The minimum Gasteiger partial charge on any atom is -0.443 e. The standard InChI is InChI=1S/C16H21F2N3O2S/c17-13-7-11(21-10-12(9-19)23-16(21)22)8-14(18)15(13)20-3-1-5-24-6-2-4-20/h7-8,12H,1-6,9-10,19H2/t12-/m0/s1. The smallest absolute Gasteiger partial charge is 0.414 e. The van der Waals surface area contributed by atoms with Gasteiger partial charge in [0.15, 0.2) is 11.6 Å². The molecular weight excluding hydrogens is 336 g/mol. The summed E-state index contributed by atoms with van der Waals surface area (Å²) >= 11 is 1.87. The molecule has 0 radical (unpaired) electrons. The van der Waals surface area contributed by atoms with Crippen LogP contribution >= 0.6 is 11.8 Å². The molecule has 0 unspecified atom stereocenters. The van der Waals surface area contributed by atoms with Crippen molar-refractivity contribution in [3.05, 3.63) is 23.8 Å². The second kappa shape index (κ2) is 7.57. The average molecular weight is 357 g/mol. The summed E-state index contributed by atoms with van der Waals surface area (Å²) < 4.78 is 34.2. The molecule has 2 aliphatic rings. The average Bonchev–Trinajstić information content (AvgIpc) is 2.89. The summed E-state index contributed by atoms with van der Waals surface area (Å²) in [7, 11) is 0. The van der Waals surface area contributed by atoms with Crippen LogP contribution in [0.3, 0.4) is 0 Å². The molecular formula is C16H21F2N3O2S. The lowest BCUT2D eigenvalue weighted by atomic mass is 10.2. The van der Waals surface area contributed by atoms with Crippen LogP contribution in [0.15, 0.2) is 12.1 Å². The van der Waals surface area contributed by atoms with Gasteiger partial charge in [-0.2, -0.15) is 11.8 Å². The van der Waals surface area contributed by atoms with Crippen LogP contribution in [-0.2, 0) is 4.74 Å². The first-order valence-electron chi connectivity index (χ1n) is 8.10. The van der Waals surface area contributed by atoms with Crippen molar-refractivity contribution in [2.75, 3.05) is 47.5 Å². The maximum Gasteiger partial charge on any atom is 0.414 e. The van der Waals surface area contributed by atoms with E-state index < -0.39 is 23.8 Å². The van der Waals surface area contributed by atoms with Crippen molar-refractivity contribution in [1.82, 2.24) is 0 Å². The van der Waals surface area contributed by atoms with Gasteiger partial charge < -0.3 is 15.4 Å². The van der Waals surface area contributed by atoms with Gasteiger partial charge in [0.1, 0.15) is 11.8 Å². The second-order valence-electron chi connectivity index (χ2n) is 5.92. The highest BCUT2D eigenvalue weighted by molar-refractivity contribution is 7.99. The van der Waals surface area contributed by atoms with Gasteiger partial charge in [-0.1, -0.05) is 0 Å². The molecule has 24 heavy (non-hydrogen) atoms. The summed E-state index contributed by atoms with van der Waals surface area (Å²) in [6.07, 6.45) is 0.708. The molecule has 0 saturated carbocycles. The lowest BCUT2D eigenvalue weighted by Crippen LogP contribution is -2.30. The molecule has 2 fully saturated rings. The number of nitrogens with zero attached hydrogens (tertiary/aromatic N) is 2. The largest absolute Gasteiger partial charge is 0.443 e. The zero-order valence-corrected chi connectivity index (χ0v) is 14.2. The highest BCUT2D eigenvalue weighted by atomic mass is 32.2. The normalized spacial score (nSPS) is 22.3. The Kier molecular flexibility index (Phi) is 5.45. The molecule has 1 atom stereocenters. The quantitative estimate of drug-likeness (QED) is 0.901. The van der Waals surface area contributed by atoms with E-state index in [-0.39, 0.29) is 24.5 Å². The third kappa shape index (κ3) is 3.59. The molecule has 0 aliphatic carbocycles. The predicted octanol–water partition coefficient (Wildman–Crippen LogP) is 2.58. The van der Waals surface area contributed by atoms with Crippen molar-refractivity contribution in [3.63, 3.8) is 0 Å². The van der Waals surface area contributed by atoms with Crippen molar-refractivity contribution in [2.45, 2.75) is 18.9 Å². The van der Waals surface area contributed by atoms with Gasteiger partial charge >= 0.3 is 6.09 Å². The number of halogens is 2. The Labute approximate surface area is 144 Å². The summed E-state index contributed by atoms with van der Waals surface area (Å²) in [5.41, 5.74) is 5.64. The first-order valence-corrected chi connectivity index (χ1v) is 9.25. The van der Waals surface area contributed by atoms with Crippen LogP contribution in [0.5, 0.6) is 0 Å². The molecule has 2 saturated heterocycles. The number of cyclic esters (lactones) is 1. The maximum atomic E-state index is 14.6. The number of thioether (sulfide) groups is 1. The summed E-state index contributed by atoms with van der Waals surface area (Å²) in [6, 6.07) is 2.40. The van der Waals surface area contributed by atoms with Crippen molar-refractivity contribution in [1.29, 1.82) is 0 Å². The number of hydrogen-bond acceptors (Lipinski definition) is 5. The fourth-order valence-corrected chi connectivity index (χ4v) is 3.89. The first kappa shape index (κ1) is 17.3. The summed E-state index contributed by atoms with van der Waals surface area (Å²) in [5, 5.41) is 0. The fourth-order valence-electron chi connectivity index (χ4n) is 3.02. The monoisotopic (exact) mass is 357 g/mol. The highest BCUT2D eigenvalue weighted by Crippen LogP contribution is 2.31. The minimum absolute atomic E-state index is 0.00594. The van der Waals surface area contributed by atoms with Gasteiger partial charge in [-0.3, -0.25) is 4.90 Å². The molecule has 0 aromatic heterocycles. The van der Waals surface area contributed by atoms with Crippen LogP contribution in [0.25, 0.3) is 0 Å². The summed E-state index contributed by atoms with van der Waals surface area (Å²) in [4.78, 5) is 14.8. The van der Waals surface area contributed by atoms with Gasteiger partial charge in [0.25, 0.3) is 0 Å². The van der Waals surface area contributed by atoms with Crippen LogP contribution in [0.1, 0.15) is 12.8 Å². The van der Waals surface area contributed by atoms with Gasteiger partial charge in [-0.15, -0.1) is 0 Å². The topological polar surface area (TPSA) is 58.8 Å². The van der Waals surface area contributed by atoms with E-state index in [0.717, 1.165) is 24.3 Å². The molecule has 5 nitrogen and oxygen atoms in total. The van der Waals surface area contributed by atoms with E-state index >= 15 is 0 Å². The lowest BCUT2D eigenvalue weighted by molar-refractivity contribution is 0.145. The van der Waals surface area contributed by atoms with Gasteiger partial charge in [-0.05, 0) is 24.3 Å². The Bertz CT molecular complexity index is 586. The van der Waals surface area contributed by atoms with E-state index in [4.69, 9.17) is 10.5 Å². The first-order chi connectivity index (χ1) is 11.6. The zero-order chi connectivity index (χ0) is 17.1. The van der Waals surface area contributed by atoms with Crippen LogP contribution in [0, 0.1) is 11.6 Å². The van der Waals surface area contributed by atoms with Crippen molar-refractivity contribution in [3.8, 4) is 0 Å². The molecule has 2 aliphatic heterocycles. The lowest BCUT2D eigenvalue weighted by Gasteiger charge is -2.28. The number of anilines is 2. The Morgan fingerprint density at radius 1 is 1.21 bits per heavy atom. The number of carbonyl (C=O) groups is 1. The summed E-state index contributed by atoms with van der Waals surface area (Å²) in [5.74, 6) is 0.694. The van der Waals surface area contributed by atoms with E-state index in [1.165, 1.54) is 17.0 Å². The predicted molar refractivity (Wildman–Crippen MR) is 91.8 cm³/mol. The van der Waals surface area contributed by atoms with E-state index in [1.807, 2.05) is 11.8 Å². The van der Waals surface area contributed by atoms with Gasteiger partial charge in [0.05, 0.1) is 12.2 Å². The van der Waals surface area contributed by atoms with Gasteiger partial charge in [0.2, 0.25) is 0 Å². The van der Waals surface area contributed by atoms with Gasteiger partial charge in [-0.25, -0.2) is 13.6 Å². The minimum atomic E-state index is -0.651. The molecule has 2 N–H and O–H groups in total. The van der Waals surface area contributed by atoms with E-state index in [9.17, 15) is 13.6 Å². The highest BCUT2D eigenvalue weighted by Gasteiger charge is 2.32. The molecule has 0 spiro atoms. The zero-order valence-electron chi connectivity index (χ0n) is 13.3. The second-order valence-corrected chi connectivity index (χ2v) is 7.14. The summed E-state index contributed by atoms with van der Waals surface area (Å²) in [6.45, 7) is 1.63. The van der Waals surface area contributed by atoms with E-state index in [1.54, 1.807) is 4.90 Å². The van der Waals surface area contributed by atoms with Gasteiger partial charge in [0, 0.05) is 31.8 Å². The SMILES string of the molecule is NC[C@H]1CN(c2cc(F)c(N3CCCSCCC3)c(F)c2)C(=O)O1. The van der Waals surface area contributed by atoms with Crippen molar-refractivity contribution in [2.24, 2.45) is 5.73 Å². The Morgan fingerprint density at radius 3 is 2.38 bits per heavy atom. The van der Waals surface area contributed by atoms with Crippen molar-refractivity contribution >= 4 is 29.2 Å². The van der Waals surface area contributed by atoms with Crippen LogP contribution in [0.4, 0.5) is 25.0 Å². The Hall–Kier alpha value is -1.54. The van der Waals surface area contributed by atoms with Crippen LogP contribution in [-0.4, -0.2) is 49.9 Å². The molecule has 1 amide bonds. The number of amides is 1. The fraction of sp³-hybridized carbons (Fsp3) is 0.562. The third-order valence-electron chi connectivity index (χ3n) is 4.20. The molecule has 2 heterocycles. The number of ether oxygens (including phenoxy) is 1. The number of hydrogen-bond donors (Lipinski definition) is 1. The van der Waals surface area contributed by atoms with Crippen LogP contribution in [0.2, 0.25) is 0 Å². The molecule has 0 bridgehead atoms. The molecule has 132 valence electrons. The van der Waals surface area contributed by atoms with E-state index in [2.05, 4.69) is 0 Å². The Balaban J connectivity index is 1.84. The van der Waals surface area contributed by atoms with Crippen molar-refractivity contribution < 1.29 is 18.3 Å². The molecule has 1 aromatic rings.